The van der Waals surface area contributed by atoms with E-state index in [4.69, 9.17) is 0 Å². The number of fused-ring (bicyclic) bond motifs is 1. The maximum atomic E-state index is 12.1. The van der Waals surface area contributed by atoms with Crippen LogP contribution in [-0.4, -0.2) is 22.1 Å². The van der Waals surface area contributed by atoms with E-state index in [-0.39, 0.29) is 11.9 Å². The van der Waals surface area contributed by atoms with E-state index >= 15 is 0 Å². The second kappa shape index (κ2) is 4.76. The second-order valence-electron chi connectivity index (χ2n) is 4.80. The summed E-state index contributed by atoms with van der Waals surface area (Å²) in [5, 5.41) is 13.0. The van der Waals surface area contributed by atoms with Crippen molar-refractivity contribution in [3.63, 3.8) is 0 Å². The Hall–Kier alpha value is -2.30. The Morgan fingerprint density at radius 2 is 2.32 bits per heavy atom. The van der Waals surface area contributed by atoms with Crippen molar-refractivity contribution >= 4 is 11.6 Å². The van der Waals surface area contributed by atoms with Gasteiger partial charge in [-0.05, 0) is 18.6 Å². The van der Waals surface area contributed by atoms with Crippen molar-refractivity contribution in [3.05, 3.63) is 47.3 Å². The van der Waals surface area contributed by atoms with Crippen LogP contribution in [0, 0.1) is 6.92 Å². The number of carbonyl (C=O) groups excluding carboxylic acids is 1. The van der Waals surface area contributed by atoms with Crippen molar-refractivity contribution in [3.8, 4) is 0 Å². The number of nitrogens with one attached hydrogen (secondary N) is 3. The van der Waals surface area contributed by atoms with Crippen molar-refractivity contribution in [2.45, 2.75) is 25.9 Å². The van der Waals surface area contributed by atoms with Gasteiger partial charge in [0.2, 0.25) is 5.91 Å². The molecule has 1 aromatic heterocycles. The number of nitrogens with zero attached hydrogens (tertiary/aromatic N) is 1. The Kier molecular flexibility index (Phi) is 2.95. The third kappa shape index (κ3) is 2.31. The summed E-state index contributed by atoms with van der Waals surface area (Å²) in [7, 11) is 0. The van der Waals surface area contributed by atoms with Crippen molar-refractivity contribution in [1.29, 1.82) is 0 Å². The molecule has 5 heteroatoms. The second-order valence-corrected chi connectivity index (χ2v) is 4.80. The van der Waals surface area contributed by atoms with Crippen LogP contribution in [-0.2, 0) is 17.8 Å². The van der Waals surface area contributed by atoms with Crippen molar-refractivity contribution in [2.75, 3.05) is 5.32 Å². The van der Waals surface area contributed by atoms with Gasteiger partial charge >= 0.3 is 0 Å². The molecule has 1 atom stereocenters. The summed E-state index contributed by atoms with van der Waals surface area (Å²) >= 11 is 0. The molecule has 19 heavy (non-hydrogen) atoms. The molecule has 2 heterocycles. The van der Waals surface area contributed by atoms with E-state index in [1.165, 1.54) is 5.56 Å². The zero-order chi connectivity index (χ0) is 13.2. The number of hydrogen-bond acceptors (Lipinski definition) is 3. The minimum absolute atomic E-state index is 0.0248. The molecule has 1 aliphatic heterocycles. The number of para-hydroxylation sites is 1. The van der Waals surface area contributed by atoms with E-state index in [9.17, 15) is 4.79 Å². The van der Waals surface area contributed by atoms with E-state index in [0.717, 1.165) is 23.4 Å². The van der Waals surface area contributed by atoms with Crippen LogP contribution in [0.15, 0.2) is 30.5 Å². The molecule has 0 bridgehead atoms. The summed E-state index contributed by atoms with van der Waals surface area (Å²) < 4.78 is 0. The maximum Gasteiger partial charge on any atom is 0.243 e. The summed E-state index contributed by atoms with van der Waals surface area (Å²) in [4.78, 5) is 12.1. The highest BCUT2D eigenvalue weighted by Crippen LogP contribution is 2.25. The molecule has 1 aliphatic rings. The Morgan fingerprint density at radius 1 is 1.47 bits per heavy atom. The first-order valence-corrected chi connectivity index (χ1v) is 6.35. The van der Waals surface area contributed by atoms with Crippen LogP contribution in [0.2, 0.25) is 0 Å². The number of carbonyl (C=O) groups is 1. The number of anilines is 1. The number of aromatic nitrogens is 2. The summed E-state index contributed by atoms with van der Waals surface area (Å²) in [5.74, 6) is 0.0248. The van der Waals surface area contributed by atoms with Gasteiger partial charge in [-0.1, -0.05) is 18.2 Å². The van der Waals surface area contributed by atoms with Crippen molar-refractivity contribution in [1.82, 2.24) is 15.5 Å². The smallest absolute Gasteiger partial charge is 0.243 e. The Labute approximate surface area is 111 Å². The van der Waals surface area contributed by atoms with Crippen LogP contribution in [0.25, 0.3) is 0 Å². The van der Waals surface area contributed by atoms with Gasteiger partial charge in [0.05, 0.1) is 6.20 Å². The van der Waals surface area contributed by atoms with E-state index in [1.807, 2.05) is 25.1 Å². The van der Waals surface area contributed by atoms with Crippen LogP contribution in [0.1, 0.15) is 16.8 Å². The third-order valence-corrected chi connectivity index (χ3v) is 3.48. The third-order valence-electron chi connectivity index (χ3n) is 3.48. The molecule has 0 aliphatic carbocycles. The summed E-state index contributed by atoms with van der Waals surface area (Å²) in [6.07, 6.45) is 2.48. The number of aryl methyl sites for hydroxylation is 1. The van der Waals surface area contributed by atoms with Gasteiger partial charge in [-0.3, -0.25) is 9.89 Å². The normalized spacial score (nSPS) is 16.8. The molecule has 0 saturated heterocycles. The molecule has 0 saturated carbocycles. The zero-order valence-electron chi connectivity index (χ0n) is 10.7. The van der Waals surface area contributed by atoms with Crippen LogP contribution in [0.3, 0.4) is 0 Å². The number of amides is 1. The zero-order valence-corrected chi connectivity index (χ0v) is 10.7. The predicted octanol–water partition coefficient (Wildman–Crippen LogP) is 1.37. The number of rotatable bonds is 3. The molecule has 0 spiro atoms. The molecule has 0 radical (unpaired) electrons. The summed E-state index contributed by atoms with van der Waals surface area (Å²) in [6.45, 7) is 2.45. The van der Waals surface area contributed by atoms with Crippen LogP contribution in [0.5, 0.6) is 0 Å². The predicted molar refractivity (Wildman–Crippen MR) is 72.7 cm³/mol. The van der Waals surface area contributed by atoms with Gasteiger partial charge in [0, 0.05) is 29.9 Å². The summed E-state index contributed by atoms with van der Waals surface area (Å²) in [6, 6.07) is 7.85. The van der Waals surface area contributed by atoms with Crippen molar-refractivity contribution < 1.29 is 4.79 Å². The van der Waals surface area contributed by atoms with Gasteiger partial charge in [0.15, 0.2) is 0 Å². The molecule has 3 N–H and O–H groups in total. The largest absolute Gasteiger partial charge is 0.373 e. The monoisotopic (exact) mass is 256 g/mol. The Morgan fingerprint density at radius 3 is 3.05 bits per heavy atom. The number of H-pyrrole nitrogens is 1. The van der Waals surface area contributed by atoms with Gasteiger partial charge in [0.1, 0.15) is 6.04 Å². The fourth-order valence-electron chi connectivity index (χ4n) is 2.32. The molecule has 0 unspecified atom stereocenters. The SMILES string of the molecule is Cc1[nH]ncc1CNC(=O)[C@@H]1Cc2ccccc2N1. The summed E-state index contributed by atoms with van der Waals surface area (Å²) in [5.41, 5.74) is 4.26. The van der Waals surface area contributed by atoms with Gasteiger partial charge in [-0.15, -0.1) is 0 Å². The lowest BCUT2D eigenvalue weighted by molar-refractivity contribution is -0.121. The van der Waals surface area contributed by atoms with Crippen LogP contribution in [0.4, 0.5) is 5.69 Å². The van der Waals surface area contributed by atoms with Gasteiger partial charge in [-0.2, -0.15) is 5.10 Å². The minimum Gasteiger partial charge on any atom is -0.373 e. The average Bonchev–Trinajstić information content (AvgIpc) is 3.01. The number of hydrogen-bond donors (Lipinski definition) is 3. The average molecular weight is 256 g/mol. The quantitative estimate of drug-likeness (QED) is 0.777. The highest BCUT2D eigenvalue weighted by molar-refractivity contribution is 5.87. The van der Waals surface area contributed by atoms with Gasteiger partial charge in [-0.25, -0.2) is 0 Å². The number of aromatic amines is 1. The first-order valence-electron chi connectivity index (χ1n) is 6.35. The van der Waals surface area contributed by atoms with E-state index in [1.54, 1.807) is 6.20 Å². The first-order chi connectivity index (χ1) is 9.24. The molecule has 1 aromatic carbocycles. The highest BCUT2D eigenvalue weighted by Gasteiger charge is 2.25. The maximum absolute atomic E-state index is 12.1. The van der Waals surface area contributed by atoms with Crippen LogP contribution < -0.4 is 10.6 Å². The molecule has 2 aromatic rings. The molecule has 5 nitrogen and oxygen atoms in total. The minimum atomic E-state index is -0.176. The van der Waals surface area contributed by atoms with Crippen LogP contribution >= 0.6 is 0 Å². The molecular formula is C14H16N4O. The number of benzene rings is 1. The van der Waals surface area contributed by atoms with E-state index in [0.29, 0.717) is 6.54 Å². The fourth-order valence-corrected chi connectivity index (χ4v) is 2.32. The highest BCUT2D eigenvalue weighted by atomic mass is 16.2. The van der Waals surface area contributed by atoms with E-state index < -0.39 is 0 Å². The molecule has 1 amide bonds. The molecular weight excluding hydrogens is 240 g/mol. The standard InChI is InChI=1S/C14H16N4O/c1-9-11(8-16-18-9)7-15-14(19)13-6-10-4-2-3-5-12(10)17-13/h2-5,8,13,17H,6-7H2,1H3,(H,15,19)(H,16,18)/t13-/m0/s1. The lowest BCUT2D eigenvalue weighted by atomic mass is 10.1. The Balaban J connectivity index is 1.60. The Bertz CT molecular complexity index is 580. The fraction of sp³-hybridized carbons (Fsp3) is 0.286. The van der Waals surface area contributed by atoms with Gasteiger partial charge in [0.25, 0.3) is 0 Å². The first kappa shape index (κ1) is 11.8. The van der Waals surface area contributed by atoms with Crippen molar-refractivity contribution in [2.24, 2.45) is 0 Å². The topological polar surface area (TPSA) is 69.8 Å². The van der Waals surface area contributed by atoms with Gasteiger partial charge < -0.3 is 10.6 Å². The molecule has 0 fully saturated rings. The molecule has 98 valence electrons. The molecule has 3 rings (SSSR count). The van der Waals surface area contributed by atoms with E-state index in [2.05, 4.69) is 26.9 Å². The lowest BCUT2D eigenvalue weighted by Crippen LogP contribution is -2.38. The lowest BCUT2D eigenvalue weighted by Gasteiger charge is -2.11.